The van der Waals surface area contributed by atoms with Crippen LogP contribution >= 0.6 is 0 Å². The normalized spacial score (nSPS) is 13.8. The summed E-state index contributed by atoms with van der Waals surface area (Å²) in [4.78, 5) is 3.38. The highest BCUT2D eigenvalue weighted by Crippen LogP contribution is 2.29. The largest absolute Gasteiger partial charge is 0.448 e. The van der Waals surface area contributed by atoms with Gasteiger partial charge >= 0.3 is 6.18 Å². The second-order valence-electron chi connectivity index (χ2n) is 2.60. The van der Waals surface area contributed by atoms with Crippen molar-refractivity contribution in [3.63, 3.8) is 0 Å². The van der Waals surface area contributed by atoms with Gasteiger partial charge < -0.3 is 9.84 Å². The third kappa shape index (κ3) is 2.88. The molecule has 3 nitrogen and oxygen atoms in total. The molecule has 0 aliphatic carbocycles. The molecule has 0 amide bonds. The summed E-state index contributed by atoms with van der Waals surface area (Å²) in [6.07, 6.45) is -4.85. The SMILES string of the molecule is CC(O)Oc1ccc(C(F)(F)F)cn1. The Hall–Kier alpha value is -1.30. The van der Waals surface area contributed by atoms with E-state index in [-0.39, 0.29) is 5.88 Å². The monoisotopic (exact) mass is 207 g/mol. The molecule has 6 heteroatoms. The van der Waals surface area contributed by atoms with Crippen LogP contribution in [0.4, 0.5) is 13.2 Å². The van der Waals surface area contributed by atoms with E-state index < -0.39 is 18.0 Å². The molecule has 1 heterocycles. The molecule has 0 aliphatic rings. The van der Waals surface area contributed by atoms with Gasteiger partial charge in [-0.25, -0.2) is 4.98 Å². The zero-order valence-corrected chi connectivity index (χ0v) is 7.25. The van der Waals surface area contributed by atoms with Crippen LogP contribution in [0, 0.1) is 0 Å². The Morgan fingerprint density at radius 1 is 1.43 bits per heavy atom. The molecule has 0 bridgehead atoms. The van der Waals surface area contributed by atoms with Gasteiger partial charge in [-0.1, -0.05) is 0 Å². The van der Waals surface area contributed by atoms with E-state index in [1.54, 1.807) is 0 Å². The van der Waals surface area contributed by atoms with Crippen LogP contribution in [0.15, 0.2) is 18.3 Å². The third-order valence-electron chi connectivity index (χ3n) is 1.35. The minimum absolute atomic E-state index is 0.0481. The number of aromatic nitrogens is 1. The molecule has 1 atom stereocenters. The molecular formula is C8H8F3NO2. The molecule has 1 aromatic heterocycles. The van der Waals surface area contributed by atoms with Crippen LogP contribution in [0.5, 0.6) is 5.88 Å². The van der Waals surface area contributed by atoms with Crippen molar-refractivity contribution in [1.82, 2.24) is 4.98 Å². The summed E-state index contributed by atoms with van der Waals surface area (Å²) in [5.41, 5.74) is -0.851. The Morgan fingerprint density at radius 2 is 2.07 bits per heavy atom. The van der Waals surface area contributed by atoms with Crippen molar-refractivity contribution >= 4 is 0 Å². The van der Waals surface area contributed by atoms with Crippen LogP contribution in [0.2, 0.25) is 0 Å². The van der Waals surface area contributed by atoms with Crippen LogP contribution in [0.1, 0.15) is 12.5 Å². The highest BCUT2D eigenvalue weighted by molar-refractivity contribution is 5.20. The Balaban J connectivity index is 2.79. The minimum Gasteiger partial charge on any atom is -0.448 e. The number of alkyl halides is 3. The smallest absolute Gasteiger partial charge is 0.417 e. The van der Waals surface area contributed by atoms with Crippen molar-refractivity contribution in [2.24, 2.45) is 0 Å². The zero-order valence-electron chi connectivity index (χ0n) is 7.25. The van der Waals surface area contributed by atoms with E-state index >= 15 is 0 Å². The van der Waals surface area contributed by atoms with E-state index in [1.165, 1.54) is 6.92 Å². The van der Waals surface area contributed by atoms with Crippen molar-refractivity contribution < 1.29 is 23.0 Å². The summed E-state index contributed by atoms with van der Waals surface area (Å²) in [5.74, 6) is -0.0481. The average Bonchev–Trinajstić information content (AvgIpc) is 2.02. The molecule has 1 unspecified atom stereocenters. The Bertz CT molecular complexity index is 294. The molecule has 78 valence electrons. The van der Waals surface area contributed by atoms with Gasteiger partial charge in [0.2, 0.25) is 5.88 Å². The third-order valence-corrected chi connectivity index (χ3v) is 1.35. The first-order valence-electron chi connectivity index (χ1n) is 3.77. The molecule has 0 aromatic carbocycles. The van der Waals surface area contributed by atoms with Crippen LogP contribution in [0.3, 0.4) is 0 Å². The van der Waals surface area contributed by atoms with E-state index in [0.29, 0.717) is 6.20 Å². The zero-order chi connectivity index (χ0) is 10.8. The van der Waals surface area contributed by atoms with Gasteiger partial charge in [0, 0.05) is 12.3 Å². The molecule has 0 aliphatic heterocycles. The first-order chi connectivity index (χ1) is 6.39. The lowest BCUT2D eigenvalue weighted by Crippen LogP contribution is -2.11. The number of rotatable bonds is 2. The van der Waals surface area contributed by atoms with Gasteiger partial charge in [-0.15, -0.1) is 0 Å². The summed E-state index contributed by atoms with van der Waals surface area (Å²) in [5, 5.41) is 8.75. The predicted octanol–water partition coefficient (Wildman–Crippen LogP) is 1.82. The van der Waals surface area contributed by atoms with Crippen molar-refractivity contribution in [1.29, 1.82) is 0 Å². The summed E-state index contributed by atoms with van der Waals surface area (Å²) < 4.78 is 40.8. The number of ether oxygens (including phenoxy) is 1. The molecule has 1 rings (SSSR count). The Kier molecular flexibility index (Phi) is 2.95. The highest BCUT2D eigenvalue weighted by atomic mass is 19.4. The van der Waals surface area contributed by atoms with Crippen LogP contribution in [-0.4, -0.2) is 16.4 Å². The van der Waals surface area contributed by atoms with Crippen LogP contribution < -0.4 is 4.74 Å². The van der Waals surface area contributed by atoms with Crippen LogP contribution in [-0.2, 0) is 6.18 Å². The molecular weight excluding hydrogens is 199 g/mol. The fraction of sp³-hybridized carbons (Fsp3) is 0.375. The number of pyridine rings is 1. The second-order valence-corrected chi connectivity index (χ2v) is 2.60. The number of halogens is 3. The van der Waals surface area contributed by atoms with E-state index in [2.05, 4.69) is 9.72 Å². The fourth-order valence-electron chi connectivity index (χ4n) is 0.792. The molecule has 1 N–H and O–H groups in total. The van der Waals surface area contributed by atoms with Crippen molar-refractivity contribution in [2.75, 3.05) is 0 Å². The van der Waals surface area contributed by atoms with E-state index in [4.69, 9.17) is 5.11 Å². The number of hydrogen-bond donors (Lipinski definition) is 1. The molecule has 0 fully saturated rings. The number of aliphatic hydroxyl groups is 1. The maximum absolute atomic E-state index is 12.1. The van der Waals surface area contributed by atoms with Gasteiger partial charge in [-0.05, 0) is 13.0 Å². The number of nitrogens with zero attached hydrogens (tertiary/aromatic N) is 1. The average molecular weight is 207 g/mol. The topological polar surface area (TPSA) is 42.4 Å². The summed E-state index contributed by atoms with van der Waals surface area (Å²) in [7, 11) is 0. The van der Waals surface area contributed by atoms with Crippen LogP contribution in [0.25, 0.3) is 0 Å². The lowest BCUT2D eigenvalue weighted by molar-refractivity contribution is -0.137. The van der Waals surface area contributed by atoms with E-state index in [0.717, 1.165) is 12.1 Å². The first-order valence-corrected chi connectivity index (χ1v) is 3.77. The summed E-state index contributed by atoms with van der Waals surface area (Å²) in [6.45, 7) is 1.33. The molecule has 1 aromatic rings. The lowest BCUT2D eigenvalue weighted by Gasteiger charge is -2.09. The minimum atomic E-state index is -4.41. The van der Waals surface area contributed by atoms with Crippen molar-refractivity contribution in [2.45, 2.75) is 19.4 Å². The van der Waals surface area contributed by atoms with Gasteiger partial charge in [0.1, 0.15) is 0 Å². The molecule has 14 heavy (non-hydrogen) atoms. The molecule has 0 saturated carbocycles. The standard InChI is InChI=1S/C8H8F3NO2/c1-5(13)14-7-3-2-6(4-12-7)8(9,10)11/h2-5,13H,1H3. The van der Waals surface area contributed by atoms with E-state index in [9.17, 15) is 13.2 Å². The molecule has 0 saturated heterocycles. The maximum atomic E-state index is 12.1. The van der Waals surface area contributed by atoms with Crippen molar-refractivity contribution in [3.05, 3.63) is 23.9 Å². The van der Waals surface area contributed by atoms with E-state index in [1.807, 2.05) is 0 Å². The van der Waals surface area contributed by atoms with Gasteiger partial charge in [0.25, 0.3) is 0 Å². The number of hydrogen-bond acceptors (Lipinski definition) is 3. The Morgan fingerprint density at radius 3 is 2.43 bits per heavy atom. The first kappa shape index (κ1) is 10.8. The molecule has 0 radical (unpaired) electrons. The van der Waals surface area contributed by atoms with Gasteiger partial charge in [0.05, 0.1) is 5.56 Å². The Labute approximate surface area is 78.2 Å². The summed E-state index contributed by atoms with van der Waals surface area (Å²) in [6, 6.07) is 1.89. The fourth-order valence-corrected chi connectivity index (χ4v) is 0.792. The molecule has 0 spiro atoms. The van der Waals surface area contributed by atoms with Gasteiger partial charge in [0.15, 0.2) is 6.29 Å². The quantitative estimate of drug-likeness (QED) is 0.752. The van der Waals surface area contributed by atoms with Gasteiger partial charge in [-0.2, -0.15) is 13.2 Å². The predicted molar refractivity (Wildman–Crippen MR) is 41.5 cm³/mol. The van der Waals surface area contributed by atoms with Gasteiger partial charge in [-0.3, -0.25) is 0 Å². The highest BCUT2D eigenvalue weighted by Gasteiger charge is 2.30. The number of aliphatic hydroxyl groups excluding tert-OH is 1. The van der Waals surface area contributed by atoms with Crippen molar-refractivity contribution in [3.8, 4) is 5.88 Å². The maximum Gasteiger partial charge on any atom is 0.417 e. The lowest BCUT2D eigenvalue weighted by atomic mass is 10.3. The second kappa shape index (κ2) is 3.83. The summed E-state index contributed by atoms with van der Waals surface area (Å²) >= 11 is 0.